The van der Waals surface area contributed by atoms with Gasteiger partial charge in [-0.2, -0.15) is 24.7 Å². The number of nitrogens with zero attached hydrogens (tertiary/aromatic N) is 6. The van der Waals surface area contributed by atoms with E-state index in [1.54, 1.807) is 0 Å². The van der Waals surface area contributed by atoms with Crippen LogP contribution in [0.2, 0.25) is 5.28 Å². The van der Waals surface area contributed by atoms with E-state index in [9.17, 15) is 0 Å². The molecule has 0 spiro atoms. The largest absolute Gasteiger partial charge is 0.396 e. The Morgan fingerprint density at radius 2 is 2.28 bits per heavy atom. The number of hydrogen-bond acceptors (Lipinski definition) is 7. The van der Waals surface area contributed by atoms with Gasteiger partial charge in [-0.05, 0) is 17.5 Å². The zero-order chi connectivity index (χ0) is 13.0. The first kappa shape index (κ1) is 12.7. The van der Waals surface area contributed by atoms with Crippen LogP contribution in [-0.4, -0.2) is 48.0 Å². The molecule has 8 nitrogen and oxygen atoms in total. The van der Waals surface area contributed by atoms with E-state index < -0.39 is 0 Å². The van der Waals surface area contributed by atoms with E-state index in [2.05, 4.69) is 30.4 Å². The highest BCUT2D eigenvalue weighted by molar-refractivity contribution is 6.28. The number of nitrogens with one attached hydrogen (secondary N) is 1. The Morgan fingerprint density at radius 1 is 1.44 bits per heavy atom. The average Bonchev–Trinajstić information content (AvgIpc) is 2.89. The molecule has 0 saturated carbocycles. The van der Waals surface area contributed by atoms with Crippen molar-refractivity contribution in [1.29, 1.82) is 0 Å². The van der Waals surface area contributed by atoms with Gasteiger partial charge < -0.3 is 10.4 Å². The molecule has 2 aromatic heterocycles. The van der Waals surface area contributed by atoms with Gasteiger partial charge in [-0.3, -0.25) is 0 Å². The summed E-state index contributed by atoms with van der Waals surface area (Å²) < 4.78 is 1.38. The van der Waals surface area contributed by atoms with Gasteiger partial charge in [0, 0.05) is 13.2 Å². The van der Waals surface area contributed by atoms with Crippen LogP contribution in [0.1, 0.15) is 6.92 Å². The third-order valence-electron chi connectivity index (χ3n) is 2.14. The fraction of sp³-hybridized carbons (Fsp3) is 0.444. The zero-order valence-electron chi connectivity index (χ0n) is 9.65. The number of anilines is 1. The van der Waals surface area contributed by atoms with Gasteiger partial charge in [0.25, 0.3) is 5.95 Å². The maximum absolute atomic E-state index is 8.93. The van der Waals surface area contributed by atoms with Crippen molar-refractivity contribution in [3.05, 3.63) is 17.9 Å². The van der Waals surface area contributed by atoms with Crippen LogP contribution in [0.5, 0.6) is 0 Å². The van der Waals surface area contributed by atoms with Crippen molar-refractivity contribution in [2.75, 3.05) is 18.5 Å². The molecule has 0 aliphatic carbocycles. The van der Waals surface area contributed by atoms with Gasteiger partial charge in [0.05, 0.1) is 0 Å². The maximum Gasteiger partial charge on any atom is 0.258 e. The fourth-order valence-electron chi connectivity index (χ4n) is 1.16. The molecule has 0 saturated heterocycles. The molecule has 1 unspecified atom stereocenters. The second kappa shape index (κ2) is 5.69. The minimum atomic E-state index is 0.0645. The molecule has 2 heterocycles. The highest BCUT2D eigenvalue weighted by Gasteiger charge is 2.08. The first-order valence-corrected chi connectivity index (χ1v) is 5.68. The van der Waals surface area contributed by atoms with Gasteiger partial charge in [0.15, 0.2) is 0 Å². The summed E-state index contributed by atoms with van der Waals surface area (Å²) in [7, 11) is 0. The van der Waals surface area contributed by atoms with Crippen LogP contribution in [-0.2, 0) is 0 Å². The molecule has 0 aliphatic rings. The molecule has 2 N–H and O–H groups in total. The molecule has 0 aromatic carbocycles. The van der Waals surface area contributed by atoms with Crippen LogP contribution in [0.15, 0.2) is 12.7 Å². The van der Waals surface area contributed by atoms with E-state index in [1.165, 1.54) is 17.3 Å². The number of aromatic nitrogens is 6. The van der Waals surface area contributed by atoms with Crippen LogP contribution in [0.25, 0.3) is 5.95 Å². The highest BCUT2D eigenvalue weighted by Crippen LogP contribution is 2.09. The Bertz CT molecular complexity index is 504. The van der Waals surface area contributed by atoms with Gasteiger partial charge in [-0.1, -0.05) is 6.92 Å². The Morgan fingerprint density at radius 3 is 2.94 bits per heavy atom. The minimum absolute atomic E-state index is 0.0645. The van der Waals surface area contributed by atoms with E-state index >= 15 is 0 Å². The van der Waals surface area contributed by atoms with E-state index in [0.29, 0.717) is 12.5 Å². The third-order valence-corrected chi connectivity index (χ3v) is 2.31. The quantitative estimate of drug-likeness (QED) is 0.796. The molecule has 0 aliphatic heterocycles. The molecule has 9 heteroatoms. The lowest BCUT2D eigenvalue weighted by Crippen LogP contribution is -2.17. The lowest BCUT2D eigenvalue weighted by Gasteiger charge is -2.09. The Labute approximate surface area is 108 Å². The highest BCUT2D eigenvalue weighted by atomic mass is 35.5. The number of aliphatic hydroxyl groups excluding tert-OH is 1. The summed E-state index contributed by atoms with van der Waals surface area (Å²) in [4.78, 5) is 15.8. The van der Waals surface area contributed by atoms with Gasteiger partial charge in [0.1, 0.15) is 12.7 Å². The second-order valence-corrected chi connectivity index (χ2v) is 4.07. The molecule has 18 heavy (non-hydrogen) atoms. The molecular formula is C9H12ClN7O. The first-order chi connectivity index (χ1) is 8.69. The maximum atomic E-state index is 8.93. The topological polar surface area (TPSA) is 102 Å². The number of hydrogen-bond donors (Lipinski definition) is 2. The predicted octanol–water partition coefficient (Wildman–Crippen LogP) is 0.146. The summed E-state index contributed by atoms with van der Waals surface area (Å²) in [5.41, 5.74) is 0. The lowest BCUT2D eigenvalue weighted by molar-refractivity contribution is 0.244. The second-order valence-electron chi connectivity index (χ2n) is 3.74. The van der Waals surface area contributed by atoms with Crippen LogP contribution < -0.4 is 5.32 Å². The number of rotatable bonds is 5. The standard InChI is InChI=1S/C9H12ClN7O/c1-6(3-18)2-12-8-14-7(10)15-9(16-8)17-5-11-4-13-17/h4-6,18H,2-3H2,1H3,(H,12,14,15,16). The Kier molecular flexibility index (Phi) is 4.00. The lowest BCUT2D eigenvalue weighted by atomic mass is 10.2. The molecule has 96 valence electrons. The van der Waals surface area contributed by atoms with Crippen LogP contribution in [0, 0.1) is 5.92 Å². The van der Waals surface area contributed by atoms with Crippen molar-refractivity contribution in [2.24, 2.45) is 5.92 Å². The van der Waals surface area contributed by atoms with Gasteiger partial charge in [0.2, 0.25) is 11.2 Å². The monoisotopic (exact) mass is 269 g/mol. The molecule has 0 bridgehead atoms. The molecule has 2 aromatic rings. The minimum Gasteiger partial charge on any atom is -0.396 e. The summed E-state index contributed by atoms with van der Waals surface area (Å²) in [6, 6.07) is 0. The number of aliphatic hydroxyl groups is 1. The molecule has 2 rings (SSSR count). The number of halogens is 1. The normalized spacial score (nSPS) is 12.4. The van der Waals surface area contributed by atoms with Crippen LogP contribution >= 0.6 is 11.6 Å². The average molecular weight is 270 g/mol. The van der Waals surface area contributed by atoms with E-state index in [0.717, 1.165) is 0 Å². The molecule has 1 atom stereocenters. The van der Waals surface area contributed by atoms with E-state index in [-0.39, 0.29) is 23.8 Å². The summed E-state index contributed by atoms with van der Waals surface area (Å²) >= 11 is 5.80. The summed E-state index contributed by atoms with van der Waals surface area (Å²) in [5, 5.41) is 15.9. The Balaban J connectivity index is 2.17. The molecule has 0 fully saturated rings. The van der Waals surface area contributed by atoms with Gasteiger partial charge in [-0.25, -0.2) is 4.98 Å². The molecular weight excluding hydrogens is 258 g/mol. The van der Waals surface area contributed by atoms with E-state index in [1.807, 2.05) is 6.92 Å². The summed E-state index contributed by atoms with van der Waals surface area (Å²) in [6.07, 6.45) is 2.84. The van der Waals surface area contributed by atoms with Crippen molar-refractivity contribution in [1.82, 2.24) is 29.7 Å². The van der Waals surface area contributed by atoms with E-state index in [4.69, 9.17) is 16.7 Å². The zero-order valence-corrected chi connectivity index (χ0v) is 10.4. The van der Waals surface area contributed by atoms with Crippen molar-refractivity contribution in [3.8, 4) is 5.95 Å². The van der Waals surface area contributed by atoms with Crippen LogP contribution in [0.3, 0.4) is 0 Å². The summed E-state index contributed by atoms with van der Waals surface area (Å²) in [6.45, 7) is 2.52. The molecule has 0 amide bonds. The Hall–Kier alpha value is -1.80. The van der Waals surface area contributed by atoms with Gasteiger partial charge >= 0.3 is 0 Å². The van der Waals surface area contributed by atoms with Gasteiger partial charge in [-0.15, -0.1) is 0 Å². The SMILES string of the molecule is CC(CO)CNc1nc(Cl)nc(-n2cncn2)n1. The van der Waals surface area contributed by atoms with Crippen LogP contribution in [0.4, 0.5) is 5.95 Å². The predicted molar refractivity (Wildman–Crippen MR) is 64.5 cm³/mol. The van der Waals surface area contributed by atoms with Crippen molar-refractivity contribution in [2.45, 2.75) is 6.92 Å². The van der Waals surface area contributed by atoms with Crippen molar-refractivity contribution in [3.63, 3.8) is 0 Å². The smallest absolute Gasteiger partial charge is 0.258 e. The first-order valence-electron chi connectivity index (χ1n) is 5.30. The third kappa shape index (κ3) is 3.11. The summed E-state index contributed by atoms with van der Waals surface area (Å²) in [5.74, 6) is 0.711. The van der Waals surface area contributed by atoms with Crippen molar-refractivity contribution < 1.29 is 5.11 Å². The fourth-order valence-corrected chi connectivity index (χ4v) is 1.32. The molecule has 0 radical (unpaired) electrons. The van der Waals surface area contributed by atoms with Crippen molar-refractivity contribution >= 4 is 17.5 Å².